The van der Waals surface area contributed by atoms with E-state index >= 15 is 0 Å². The monoisotopic (exact) mass is 251 g/mol. The summed E-state index contributed by atoms with van der Waals surface area (Å²) < 4.78 is 28.8. The molecule has 3 nitrogen and oxygen atoms in total. The van der Waals surface area contributed by atoms with Crippen molar-refractivity contribution >= 4 is 0 Å². The summed E-state index contributed by atoms with van der Waals surface area (Å²) in [4.78, 5) is 4.36. The first-order chi connectivity index (χ1) is 8.54. The molecule has 0 atom stereocenters. The third kappa shape index (κ3) is 2.13. The molecule has 5 heteroatoms. The van der Waals surface area contributed by atoms with Crippen molar-refractivity contribution in [1.29, 1.82) is 0 Å². The minimum atomic E-state index is -0.456. The van der Waals surface area contributed by atoms with Crippen LogP contribution in [0.1, 0.15) is 11.5 Å². The van der Waals surface area contributed by atoms with Gasteiger partial charge in [-0.25, -0.2) is 13.8 Å². The normalized spacial score (nSPS) is 10.9. The highest BCUT2D eigenvalue weighted by atomic mass is 19.1. The van der Waals surface area contributed by atoms with E-state index in [-0.39, 0.29) is 5.56 Å². The lowest BCUT2D eigenvalue weighted by molar-refractivity contribution is 0.601. The van der Waals surface area contributed by atoms with Gasteiger partial charge in [0.1, 0.15) is 17.5 Å². The van der Waals surface area contributed by atoms with E-state index in [1.165, 1.54) is 6.07 Å². The second kappa shape index (κ2) is 4.86. The number of halogens is 2. The lowest BCUT2D eigenvalue weighted by Crippen LogP contribution is -2.10. The van der Waals surface area contributed by atoms with Crippen LogP contribution in [-0.4, -0.2) is 16.6 Å². The van der Waals surface area contributed by atoms with E-state index in [0.29, 0.717) is 17.9 Å². The van der Waals surface area contributed by atoms with Crippen molar-refractivity contribution in [3.05, 3.63) is 41.4 Å². The zero-order valence-corrected chi connectivity index (χ0v) is 10.6. The molecule has 0 fully saturated rings. The zero-order chi connectivity index (χ0) is 13.3. The first kappa shape index (κ1) is 12.7. The predicted octanol–water partition coefficient (Wildman–Crippen LogP) is 2.39. The van der Waals surface area contributed by atoms with E-state index in [1.54, 1.807) is 18.5 Å². The highest BCUT2D eigenvalue weighted by molar-refractivity contribution is 5.63. The summed E-state index contributed by atoms with van der Waals surface area (Å²) in [5.74, 6) is -0.116. The fourth-order valence-corrected chi connectivity index (χ4v) is 2.06. The maximum atomic E-state index is 13.8. The fraction of sp³-hybridized carbons (Fsp3) is 0.308. The molecule has 0 amide bonds. The van der Waals surface area contributed by atoms with Gasteiger partial charge < -0.3 is 9.88 Å². The second-order valence-corrected chi connectivity index (χ2v) is 4.18. The molecule has 1 aromatic carbocycles. The van der Waals surface area contributed by atoms with Gasteiger partial charge in [-0.1, -0.05) is 0 Å². The molecule has 0 unspecified atom stereocenters. The highest BCUT2D eigenvalue weighted by Crippen LogP contribution is 2.27. The maximum absolute atomic E-state index is 13.8. The second-order valence-electron chi connectivity index (χ2n) is 4.18. The maximum Gasteiger partial charge on any atom is 0.132 e. The van der Waals surface area contributed by atoms with E-state index in [0.717, 1.165) is 18.0 Å². The van der Waals surface area contributed by atoms with Crippen molar-refractivity contribution < 1.29 is 8.78 Å². The molecule has 2 aromatic rings. The largest absolute Gasteiger partial charge is 0.330 e. The minimum Gasteiger partial charge on any atom is -0.330 e. The van der Waals surface area contributed by atoms with E-state index in [4.69, 9.17) is 0 Å². The van der Waals surface area contributed by atoms with Gasteiger partial charge in [0.05, 0.1) is 17.9 Å². The Labute approximate surface area is 104 Å². The first-order valence-corrected chi connectivity index (χ1v) is 5.66. The molecule has 0 aliphatic carbocycles. The van der Waals surface area contributed by atoms with Crippen LogP contribution in [0.4, 0.5) is 8.78 Å². The molecule has 0 bridgehead atoms. The molecule has 0 saturated heterocycles. The quantitative estimate of drug-likeness (QED) is 0.907. The van der Waals surface area contributed by atoms with Crippen LogP contribution < -0.4 is 5.32 Å². The molecule has 2 rings (SSSR count). The van der Waals surface area contributed by atoms with Crippen LogP contribution in [0.3, 0.4) is 0 Å². The first-order valence-electron chi connectivity index (χ1n) is 5.66. The molecule has 0 aliphatic heterocycles. The van der Waals surface area contributed by atoms with Gasteiger partial charge in [0, 0.05) is 12.6 Å². The van der Waals surface area contributed by atoms with Gasteiger partial charge in [0.15, 0.2) is 0 Å². The van der Waals surface area contributed by atoms with Gasteiger partial charge >= 0.3 is 0 Å². The Morgan fingerprint density at radius 1 is 1.33 bits per heavy atom. The van der Waals surface area contributed by atoms with Crippen LogP contribution in [0.5, 0.6) is 0 Å². The van der Waals surface area contributed by atoms with Crippen LogP contribution in [0.15, 0.2) is 18.2 Å². The number of hydrogen-bond acceptors (Lipinski definition) is 2. The molecule has 0 saturated carbocycles. The third-order valence-corrected chi connectivity index (χ3v) is 2.88. The number of nitrogens with zero attached hydrogens (tertiary/aromatic N) is 2. The van der Waals surface area contributed by atoms with Crippen molar-refractivity contribution in [3.8, 4) is 11.3 Å². The summed E-state index contributed by atoms with van der Waals surface area (Å²) in [6.45, 7) is 2.37. The van der Waals surface area contributed by atoms with Crippen molar-refractivity contribution in [1.82, 2.24) is 14.9 Å². The van der Waals surface area contributed by atoms with Crippen molar-refractivity contribution in [2.45, 2.75) is 13.5 Å². The molecule has 1 N–H and O–H groups in total. The van der Waals surface area contributed by atoms with Crippen molar-refractivity contribution in [3.63, 3.8) is 0 Å². The van der Waals surface area contributed by atoms with Gasteiger partial charge in [-0.05, 0) is 32.2 Å². The predicted molar refractivity (Wildman–Crippen MR) is 66.1 cm³/mol. The van der Waals surface area contributed by atoms with Gasteiger partial charge in [-0.2, -0.15) is 0 Å². The lowest BCUT2D eigenvalue weighted by atomic mass is 10.1. The number of hydrogen-bond donors (Lipinski definition) is 1. The third-order valence-electron chi connectivity index (χ3n) is 2.88. The Morgan fingerprint density at radius 2 is 2.06 bits per heavy atom. The topological polar surface area (TPSA) is 29.9 Å². The summed E-state index contributed by atoms with van der Waals surface area (Å²) in [6, 6.07) is 3.44. The van der Waals surface area contributed by atoms with Crippen LogP contribution in [-0.2, 0) is 13.6 Å². The average Bonchev–Trinajstić information content (AvgIpc) is 2.59. The molecule has 0 radical (unpaired) electrons. The van der Waals surface area contributed by atoms with Crippen LogP contribution in [0, 0.1) is 18.6 Å². The molecule has 96 valence electrons. The number of nitrogens with one attached hydrogen (secondary N) is 1. The van der Waals surface area contributed by atoms with Crippen LogP contribution >= 0.6 is 0 Å². The van der Waals surface area contributed by atoms with Crippen molar-refractivity contribution in [2.24, 2.45) is 7.05 Å². The number of aromatic nitrogens is 2. The average molecular weight is 251 g/mol. The Morgan fingerprint density at radius 3 is 2.72 bits per heavy atom. The Hall–Kier alpha value is -1.75. The summed E-state index contributed by atoms with van der Waals surface area (Å²) in [7, 11) is 3.61. The van der Waals surface area contributed by atoms with E-state index in [2.05, 4.69) is 10.3 Å². The minimum absolute atomic E-state index is 0.241. The summed E-state index contributed by atoms with van der Waals surface area (Å²) in [5.41, 5.74) is 1.54. The van der Waals surface area contributed by atoms with Crippen LogP contribution in [0.25, 0.3) is 11.3 Å². The van der Waals surface area contributed by atoms with Gasteiger partial charge in [-0.15, -0.1) is 0 Å². The van der Waals surface area contributed by atoms with Crippen LogP contribution in [0.2, 0.25) is 0 Å². The molecule has 18 heavy (non-hydrogen) atoms. The number of benzene rings is 1. The summed E-state index contributed by atoms with van der Waals surface area (Å²) in [6.07, 6.45) is 0. The molecule has 1 heterocycles. The number of rotatable bonds is 3. The Kier molecular flexibility index (Phi) is 3.43. The standard InChI is InChI=1S/C13H15F2N3/c1-8-13(18(3)12(17-8)7-16-2)10-6-9(14)4-5-11(10)15/h4-6,16H,7H2,1-3H3. The lowest BCUT2D eigenvalue weighted by Gasteiger charge is -2.08. The van der Waals surface area contributed by atoms with E-state index in [9.17, 15) is 8.78 Å². The molecule has 0 spiro atoms. The zero-order valence-electron chi connectivity index (χ0n) is 10.6. The van der Waals surface area contributed by atoms with Crippen molar-refractivity contribution in [2.75, 3.05) is 7.05 Å². The fourth-order valence-electron chi connectivity index (χ4n) is 2.06. The highest BCUT2D eigenvalue weighted by Gasteiger charge is 2.16. The smallest absolute Gasteiger partial charge is 0.132 e. The number of imidazole rings is 1. The summed E-state index contributed by atoms with van der Waals surface area (Å²) in [5, 5.41) is 2.99. The van der Waals surface area contributed by atoms with Gasteiger partial charge in [0.25, 0.3) is 0 Å². The molecule has 1 aromatic heterocycles. The number of aryl methyl sites for hydroxylation is 1. The van der Waals surface area contributed by atoms with E-state index in [1.807, 2.05) is 7.05 Å². The van der Waals surface area contributed by atoms with Gasteiger partial charge in [0.2, 0.25) is 0 Å². The molecular formula is C13H15F2N3. The Bertz CT molecular complexity index is 576. The summed E-state index contributed by atoms with van der Waals surface area (Å²) >= 11 is 0. The molecule has 0 aliphatic rings. The van der Waals surface area contributed by atoms with E-state index < -0.39 is 11.6 Å². The van der Waals surface area contributed by atoms with Gasteiger partial charge in [-0.3, -0.25) is 0 Å². The Balaban J connectivity index is 2.60. The molecular weight excluding hydrogens is 236 g/mol. The SMILES string of the molecule is CNCc1nc(C)c(-c2cc(F)ccc2F)n1C.